The molecule has 1 atom stereocenters. The third-order valence-electron chi connectivity index (χ3n) is 4.33. The number of thiophene rings is 1. The Hall–Kier alpha value is -2.34. The molecule has 1 aromatic heterocycles. The van der Waals surface area contributed by atoms with Crippen LogP contribution in [-0.2, 0) is 17.6 Å². The number of amides is 2. The van der Waals surface area contributed by atoms with E-state index < -0.39 is 0 Å². The Morgan fingerprint density at radius 1 is 1.28 bits per heavy atom. The van der Waals surface area contributed by atoms with E-state index in [0.29, 0.717) is 22.2 Å². The largest absolute Gasteiger partial charge is 0.484 e. The third-order valence-corrected chi connectivity index (χ3v) is 5.50. The number of benzene rings is 1. The van der Waals surface area contributed by atoms with Crippen molar-refractivity contribution in [1.29, 1.82) is 0 Å². The molecular weight excluding hydrogens is 336 g/mol. The minimum atomic E-state index is -0.263. The summed E-state index contributed by atoms with van der Waals surface area (Å²) in [5.41, 5.74) is 1.70. The minimum Gasteiger partial charge on any atom is -0.484 e. The van der Waals surface area contributed by atoms with Crippen LogP contribution in [-0.4, -0.2) is 25.5 Å². The van der Waals surface area contributed by atoms with E-state index in [2.05, 4.69) is 17.6 Å². The van der Waals surface area contributed by atoms with E-state index in [1.54, 1.807) is 19.2 Å². The van der Waals surface area contributed by atoms with Crippen molar-refractivity contribution in [3.8, 4) is 5.75 Å². The normalized spacial score (nSPS) is 16.0. The molecule has 1 aromatic carbocycles. The second kappa shape index (κ2) is 7.70. The molecule has 1 aliphatic carbocycles. The molecule has 1 heterocycles. The first kappa shape index (κ1) is 17.5. The topological polar surface area (TPSA) is 67.4 Å². The zero-order chi connectivity index (χ0) is 17.8. The number of nitrogens with one attached hydrogen (secondary N) is 2. The number of carbonyl (C=O) groups excluding carboxylic acids is 2. The van der Waals surface area contributed by atoms with Crippen molar-refractivity contribution < 1.29 is 14.3 Å². The second-order valence-electron chi connectivity index (χ2n) is 6.28. The number of hydrogen-bond acceptors (Lipinski definition) is 4. The first-order chi connectivity index (χ1) is 12.1. The third kappa shape index (κ3) is 4.02. The maximum Gasteiger partial charge on any atom is 0.262 e. The number of ether oxygens (including phenoxy) is 1. The van der Waals surface area contributed by atoms with Crippen molar-refractivity contribution in [1.82, 2.24) is 5.32 Å². The molecule has 3 rings (SSSR count). The summed E-state index contributed by atoms with van der Waals surface area (Å²) in [5, 5.41) is 6.17. The van der Waals surface area contributed by atoms with Gasteiger partial charge >= 0.3 is 0 Å². The van der Waals surface area contributed by atoms with Gasteiger partial charge in [-0.3, -0.25) is 9.59 Å². The summed E-state index contributed by atoms with van der Waals surface area (Å²) in [6, 6.07) is 9.19. The van der Waals surface area contributed by atoms with E-state index in [1.165, 1.54) is 16.2 Å². The van der Waals surface area contributed by atoms with Crippen LogP contribution in [0.2, 0.25) is 0 Å². The maximum atomic E-state index is 12.3. The van der Waals surface area contributed by atoms with E-state index >= 15 is 0 Å². The zero-order valence-corrected chi connectivity index (χ0v) is 15.2. The summed E-state index contributed by atoms with van der Waals surface area (Å²) < 4.78 is 5.48. The average Bonchev–Trinajstić information content (AvgIpc) is 2.97. The fourth-order valence-corrected chi connectivity index (χ4v) is 4.46. The lowest BCUT2D eigenvalue weighted by atomic mass is 9.88. The summed E-state index contributed by atoms with van der Waals surface area (Å²) in [6.07, 6.45) is 2.91. The highest BCUT2D eigenvalue weighted by Gasteiger charge is 2.27. The Morgan fingerprint density at radius 3 is 2.76 bits per heavy atom. The summed E-state index contributed by atoms with van der Waals surface area (Å²) in [6.45, 7) is 2.13. The van der Waals surface area contributed by atoms with Gasteiger partial charge in [-0.15, -0.1) is 11.3 Å². The van der Waals surface area contributed by atoms with Gasteiger partial charge in [-0.25, -0.2) is 0 Å². The highest BCUT2D eigenvalue weighted by atomic mass is 32.1. The summed E-state index contributed by atoms with van der Waals surface area (Å²) in [7, 11) is 1.61. The van der Waals surface area contributed by atoms with Crippen LogP contribution in [0.15, 0.2) is 30.3 Å². The fraction of sp³-hybridized carbons (Fsp3) is 0.368. The number of hydrogen-bond donors (Lipinski definition) is 2. The predicted octanol–water partition coefficient (Wildman–Crippen LogP) is 3.25. The minimum absolute atomic E-state index is 0.0871. The first-order valence-electron chi connectivity index (χ1n) is 8.42. The lowest BCUT2D eigenvalue weighted by molar-refractivity contribution is -0.118. The van der Waals surface area contributed by atoms with Crippen molar-refractivity contribution in [2.24, 2.45) is 5.92 Å². The lowest BCUT2D eigenvalue weighted by Crippen LogP contribution is -2.24. The van der Waals surface area contributed by atoms with Gasteiger partial charge < -0.3 is 15.4 Å². The monoisotopic (exact) mass is 358 g/mol. The number of anilines is 1. The van der Waals surface area contributed by atoms with Gasteiger partial charge in [0.25, 0.3) is 11.8 Å². The van der Waals surface area contributed by atoms with Gasteiger partial charge in [-0.05, 0) is 42.9 Å². The number of para-hydroxylation sites is 1. The SMILES string of the molecule is CNC(=O)c1c(NC(=O)COc2ccccc2)sc2c1CC[C@H](C)C2. The van der Waals surface area contributed by atoms with Crippen LogP contribution >= 0.6 is 11.3 Å². The van der Waals surface area contributed by atoms with Crippen molar-refractivity contribution in [2.75, 3.05) is 19.0 Å². The highest BCUT2D eigenvalue weighted by molar-refractivity contribution is 7.17. The Bertz CT molecular complexity index is 770. The molecule has 132 valence electrons. The summed E-state index contributed by atoms with van der Waals surface area (Å²) >= 11 is 1.51. The van der Waals surface area contributed by atoms with Crippen molar-refractivity contribution in [3.63, 3.8) is 0 Å². The maximum absolute atomic E-state index is 12.3. The van der Waals surface area contributed by atoms with Crippen molar-refractivity contribution in [3.05, 3.63) is 46.3 Å². The molecule has 0 bridgehead atoms. The van der Waals surface area contributed by atoms with E-state index in [-0.39, 0.29) is 18.4 Å². The van der Waals surface area contributed by atoms with Gasteiger partial charge in [-0.2, -0.15) is 0 Å². The number of fused-ring (bicyclic) bond motifs is 1. The van der Waals surface area contributed by atoms with Crippen LogP contribution < -0.4 is 15.4 Å². The number of carbonyl (C=O) groups is 2. The van der Waals surface area contributed by atoms with Gasteiger partial charge in [0.05, 0.1) is 5.56 Å². The molecule has 0 spiro atoms. The predicted molar refractivity (Wildman–Crippen MR) is 99.5 cm³/mol. The lowest BCUT2D eigenvalue weighted by Gasteiger charge is -2.18. The molecule has 0 aliphatic heterocycles. The Labute approximate surface area is 151 Å². The van der Waals surface area contributed by atoms with Gasteiger partial charge in [0.2, 0.25) is 0 Å². The van der Waals surface area contributed by atoms with Crippen molar-refractivity contribution >= 4 is 28.2 Å². The molecule has 5 nitrogen and oxygen atoms in total. The summed E-state index contributed by atoms with van der Waals surface area (Å²) in [5.74, 6) is 0.837. The van der Waals surface area contributed by atoms with Gasteiger partial charge in [0.1, 0.15) is 10.8 Å². The zero-order valence-electron chi connectivity index (χ0n) is 14.4. The Balaban J connectivity index is 1.75. The van der Waals surface area contributed by atoms with E-state index in [9.17, 15) is 9.59 Å². The van der Waals surface area contributed by atoms with E-state index in [4.69, 9.17) is 4.74 Å². The van der Waals surface area contributed by atoms with E-state index in [0.717, 1.165) is 24.8 Å². The highest BCUT2D eigenvalue weighted by Crippen LogP contribution is 2.39. The molecule has 0 fully saturated rings. The molecule has 0 saturated heterocycles. The van der Waals surface area contributed by atoms with Gasteiger partial charge in [0, 0.05) is 11.9 Å². The average molecular weight is 358 g/mol. The molecular formula is C19H22N2O3S. The van der Waals surface area contributed by atoms with Crippen LogP contribution in [0.4, 0.5) is 5.00 Å². The van der Waals surface area contributed by atoms with E-state index in [1.807, 2.05) is 18.2 Å². The first-order valence-corrected chi connectivity index (χ1v) is 9.24. The Morgan fingerprint density at radius 2 is 2.04 bits per heavy atom. The van der Waals surface area contributed by atoms with Gasteiger partial charge in [-0.1, -0.05) is 25.1 Å². The standard InChI is InChI=1S/C19H22N2O3S/c1-12-8-9-14-15(10-12)25-19(17(14)18(23)20-2)21-16(22)11-24-13-6-4-3-5-7-13/h3-7,12H,8-11H2,1-2H3,(H,20,23)(H,21,22)/t12-/m0/s1. The molecule has 6 heteroatoms. The van der Waals surface area contributed by atoms with Crippen LogP contribution in [0.5, 0.6) is 5.75 Å². The molecule has 0 radical (unpaired) electrons. The van der Waals surface area contributed by atoms with Crippen molar-refractivity contribution in [2.45, 2.75) is 26.2 Å². The molecule has 2 amide bonds. The molecule has 0 saturated carbocycles. The number of rotatable bonds is 5. The van der Waals surface area contributed by atoms with Gasteiger partial charge in [0.15, 0.2) is 6.61 Å². The molecule has 0 unspecified atom stereocenters. The molecule has 2 N–H and O–H groups in total. The summed E-state index contributed by atoms with van der Waals surface area (Å²) in [4.78, 5) is 25.8. The molecule has 25 heavy (non-hydrogen) atoms. The fourth-order valence-electron chi connectivity index (χ4n) is 3.03. The Kier molecular flexibility index (Phi) is 5.38. The second-order valence-corrected chi connectivity index (χ2v) is 7.39. The molecule has 1 aliphatic rings. The van der Waals surface area contributed by atoms with Crippen LogP contribution in [0.25, 0.3) is 0 Å². The molecule has 2 aromatic rings. The van der Waals surface area contributed by atoms with Crippen LogP contribution in [0.1, 0.15) is 34.1 Å². The quantitative estimate of drug-likeness (QED) is 0.862. The smallest absolute Gasteiger partial charge is 0.262 e. The van der Waals surface area contributed by atoms with Crippen LogP contribution in [0, 0.1) is 5.92 Å². The van der Waals surface area contributed by atoms with Crippen LogP contribution in [0.3, 0.4) is 0 Å².